The molecule has 0 amide bonds. The van der Waals surface area contributed by atoms with Gasteiger partial charge in [0.05, 0.1) is 16.1 Å². The van der Waals surface area contributed by atoms with E-state index in [9.17, 15) is 0 Å². The van der Waals surface area contributed by atoms with Crippen LogP contribution in [0.2, 0.25) is 398 Å². The van der Waals surface area contributed by atoms with E-state index in [1.165, 1.54) is 0 Å². The van der Waals surface area contributed by atoms with Gasteiger partial charge in [0.1, 0.15) is 0 Å². The van der Waals surface area contributed by atoms with Gasteiger partial charge >= 0.3 is 205 Å². The second-order valence-corrected chi connectivity index (χ2v) is 151. The third-order valence-corrected chi connectivity index (χ3v) is 141. The Balaban J connectivity index is 1.54. The summed E-state index contributed by atoms with van der Waals surface area (Å²) in [4.78, 5) is 0. The Kier molecular flexibility index (Phi) is 34.3. The van der Waals surface area contributed by atoms with Gasteiger partial charge in [-0.15, -0.1) is 0 Å². The molecule has 0 bridgehead atoms. The quantitative estimate of drug-likeness (QED) is 0.0733. The monoisotopic (exact) mass is 2100 g/mol. The Hall–Kier alpha value is 5.07. The molecule has 0 unspecified atom stereocenters. The first kappa shape index (κ1) is 109. The predicted molar refractivity (Wildman–Crippen MR) is 535 cm³/mol. The third-order valence-electron chi connectivity index (χ3n) is 21.2. The summed E-state index contributed by atoms with van der Waals surface area (Å²) < 4.78 is 184. The summed E-state index contributed by atoms with van der Waals surface area (Å²) >= 11 is 0. The molecule has 0 aromatic heterocycles. The zero-order valence-corrected chi connectivity index (χ0v) is 110. The van der Waals surface area contributed by atoms with E-state index in [0.29, 0.717) is 0 Å². The maximum Gasteiger partial charge on any atom is 0.317 e. The van der Waals surface area contributed by atoms with Gasteiger partial charge in [0.15, 0.2) is 16.6 Å². The summed E-state index contributed by atoms with van der Waals surface area (Å²) in [7, 11) is -78.0. The van der Waals surface area contributed by atoms with E-state index < -0.39 is 238 Å². The Bertz CT molecular complexity index is 2650. The largest absolute Gasteiger partial charge is 0.456 e. The predicted octanol–water partition coefficient (Wildman–Crippen LogP) is 21.9. The average Bonchev–Trinajstić information content (AvgIpc) is 0.780. The van der Waals surface area contributed by atoms with Crippen LogP contribution >= 0.6 is 0 Å². The number of hydrogen-bond acceptors (Lipinski definition) is 25. The van der Waals surface area contributed by atoms with Gasteiger partial charge < -0.3 is 103 Å². The molecule has 0 atom stereocenters. The lowest BCUT2D eigenvalue weighted by atomic mass is 10.9. The van der Waals surface area contributed by atoms with Crippen LogP contribution in [0.4, 0.5) is 0 Å². The normalized spacial score (nSPS) is 29.7. The SMILES string of the molecule is C[Si](C)(CC[Si](CC[Si]1(C)O[Si](C)(C)O[Si](C)(C)O[Si](C)(C)O1)(CC[Si]1(C)O[Si](C)(C)O[Si](C)(C)O[Si](C)(C)O1)CC[Si]1(C)O[Si](C)(C)O[Si](C)(C)O[Si](C)(C)O1)O[Si](C)(C)CC[Si](CC[Si]1(C)O[Si](C)(C)O[Si](C)(C)O[Si](C)(C)O1)(CC[Si]1(C)O[Si](C)(C)O[Si](C)(C)O[Si](C)(C)O1)CC[Si]1(C)O[Si](C)(C)O[Si](C)(C)O[Si](C)(C)O1. The second kappa shape index (κ2) is 36.2. The van der Waals surface area contributed by atoms with Gasteiger partial charge in [0, 0.05) is 0 Å². The van der Waals surface area contributed by atoms with Crippen LogP contribution in [0.1, 0.15) is 0 Å². The highest BCUT2D eigenvalue weighted by Gasteiger charge is 2.62. The lowest BCUT2D eigenvalue weighted by Gasteiger charge is -2.50. The van der Waals surface area contributed by atoms with Gasteiger partial charge in [-0.2, -0.15) is 0 Å². The number of hydrogen-bond donors (Lipinski definition) is 0. The van der Waals surface area contributed by atoms with Crippen molar-refractivity contribution < 1.29 is 103 Å². The molecule has 0 aromatic rings. The molecule has 115 heavy (non-hydrogen) atoms. The Morgan fingerprint density at radius 1 is 0.139 bits per heavy atom. The van der Waals surface area contributed by atoms with Crippen molar-refractivity contribution in [3.8, 4) is 0 Å². The smallest absolute Gasteiger partial charge is 0.317 e. The third kappa shape index (κ3) is 36.6. The van der Waals surface area contributed by atoms with Crippen LogP contribution in [0, 0.1) is 0 Å². The molecule has 0 aliphatic carbocycles. The molecule has 0 radical (unpaired) electrons. The standard InChI is InChI=1S/C62H170O25Si28/c1-88(2,47-55-114(57-49-108(41)76-96(17,18)64-90(5,6)65-97(19,20)77-108,58-50-109(42)78-98(21,22)66-91(7,8)67-99(23,24)79-109)59-51-110(43)80-100(25,26)68-92(9,10)69-101(27,28)81-110)63-89(3,4)48-56-115(60-52-111(44)82-102(29,30)70-93(11,12)71-103(31,32)83-111,61-53-112(45)84-104(33,34)72-94(13,14)73-105(35,36)85-112)62-54-113(46)86-106(37,38)74-95(15,16)75-107(39,40)87-113/h47-62H2,1-46H3. The molecule has 0 spiro atoms. The zero-order valence-electron chi connectivity index (χ0n) is 81.5. The van der Waals surface area contributed by atoms with Crippen molar-refractivity contribution >= 4 is 238 Å². The van der Waals surface area contributed by atoms with E-state index in [4.69, 9.17) is 103 Å². The van der Waals surface area contributed by atoms with Crippen LogP contribution in [-0.4, -0.2) is 238 Å². The van der Waals surface area contributed by atoms with E-state index in [2.05, 4.69) is 301 Å². The fraction of sp³-hybridized carbons (Fsp3) is 1.00. The van der Waals surface area contributed by atoms with Crippen molar-refractivity contribution in [2.24, 2.45) is 0 Å². The minimum atomic E-state index is -3.06. The van der Waals surface area contributed by atoms with Crippen molar-refractivity contribution in [1.82, 2.24) is 0 Å². The molecule has 25 nitrogen and oxygen atoms in total. The molecule has 6 aliphatic rings. The van der Waals surface area contributed by atoms with Gasteiger partial charge in [-0.25, -0.2) is 0 Å². The summed E-state index contributed by atoms with van der Waals surface area (Å²) in [6.45, 7) is 102. The Labute approximate surface area is 732 Å². The van der Waals surface area contributed by atoms with Crippen molar-refractivity contribution in [2.75, 3.05) is 0 Å². The van der Waals surface area contributed by atoms with Crippen LogP contribution in [0.5, 0.6) is 0 Å². The minimum Gasteiger partial charge on any atom is -0.456 e. The molecule has 0 N–H and O–H groups in total. The topological polar surface area (TPSA) is 231 Å². The molecular formula is C62H170O25Si28. The Morgan fingerprint density at radius 3 is 0.339 bits per heavy atom. The van der Waals surface area contributed by atoms with Gasteiger partial charge in [0.2, 0.25) is 0 Å². The summed E-state index contributed by atoms with van der Waals surface area (Å²) in [6, 6.07) is 14.5. The van der Waals surface area contributed by atoms with Crippen molar-refractivity contribution in [3.63, 3.8) is 0 Å². The van der Waals surface area contributed by atoms with E-state index in [1.54, 1.807) is 0 Å². The first-order valence-electron chi connectivity index (χ1n) is 42.9. The van der Waals surface area contributed by atoms with Crippen molar-refractivity contribution in [3.05, 3.63) is 0 Å². The molecule has 0 saturated carbocycles. The van der Waals surface area contributed by atoms with Crippen LogP contribution in [0.3, 0.4) is 0 Å². The molecule has 6 aliphatic heterocycles. The first-order chi connectivity index (χ1) is 50.3. The summed E-state index contributed by atoms with van der Waals surface area (Å²) in [5.41, 5.74) is 0. The molecule has 6 fully saturated rings. The highest BCUT2D eigenvalue weighted by molar-refractivity contribution is 7.01. The highest BCUT2D eigenvalue weighted by Crippen LogP contribution is 2.50. The van der Waals surface area contributed by atoms with Gasteiger partial charge in [-0.3, -0.25) is 0 Å². The second-order valence-electron chi connectivity index (χ2n) is 45.1. The van der Waals surface area contributed by atoms with Crippen molar-refractivity contribution in [2.45, 2.75) is 398 Å². The van der Waals surface area contributed by atoms with E-state index in [1.807, 2.05) is 0 Å². The molecule has 53 heteroatoms. The molecular weight excluding hydrogens is 1930 g/mol. The fourth-order valence-corrected chi connectivity index (χ4v) is 188. The van der Waals surface area contributed by atoms with Gasteiger partial charge in [0.25, 0.3) is 0 Å². The molecule has 6 rings (SSSR count). The summed E-state index contributed by atoms with van der Waals surface area (Å²) in [6.07, 6.45) is 0. The minimum absolute atomic E-state index is 0.793. The average molecular weight is 2100 g/mol. The van der Waals surface area contributed by atoms with Crippen LogP contribution in [-0.2, 0) is 103 Å². The summed E-state index contributed by atoms with van der Waals surface area (Å²) in [5, 5.41) is 0. The molecule has 6 saturated heterocycles. The van der Waals surface area contributed by atoms with E-state index in [0.717, 1.165) is 96.7 Å². The molecule has 6 heterocycles. The van der Waals surface area contributed by atoms with Crippen LogP contribution < -0.4 is 0 Å². The lowest BCUT2D eigenvalue weighted by Crippen LogP contribution is -2.66. The molecule has 0 aromatic carbocycles. The lowest BCUT2D eigenvalue weighted by molar-refractivity contribution is 0.231. The van der Waals surface area contributed by atoms with Crippen LogP contribution in [0.15, 0.2) is 0 Å². The number of rotatable bonds is 26. The van der Waals surface area contributed by atoms with E-state index >= 15 is 0 Å². The van der Waals surface area contributed by atoms with Crippen molar-refractivity contribution in [1.29, 1.82) is 0 Å². The van der Waals surface area contributed by atoms with Gasteiger partial charge in [-0.1, -0.05) is 48.4 Å². The maximum atomic E-state index is 8.30. The Morgan fingerprint density at radius 2 is 0.235 bits per heavy atom. The zero-order chi connectivity index (χ0) is 89.0. The fourth-order valence-electron chi connectivity index (χ4n) is 20.9. The van der Waals surface area contributed by atoms with Crippen LogP contribution in [0.25, 0.3) is 0 Å². The van der Waals surface area contributed by atoms with E-state index in [-0.39, 0.29) is 0 Å². The highest BCUT2D eigenvalue weighted by atomic mass is 28.6. The molecule has 680 valence electrons. The van der Waals surface area contributed by atoms with Gasteiger partial charge in [-0.05, 0) is 350 Å². The first-order valence-corrected chi connectivity index (χ1v) is 121. The summed E-state index contributed by atoms with van der Waals surface area (Å²) in [5.74, 6) is 0. The maximum absolute atomic E-state index is 8.30.